The van der Waals surface area contributed by atoms with Gasteiger partial charge in [0.25, 0.3) is 0 Å². The molecular weight excluding hydrogens is 230 g/mol. The molecule has 2 heterocycles. The van der Waals surface area contributed by atoms with Gasteiger partial charge in [-0.2, -0.15) is 5.10 Å². The summed E-state index contributed by atoms with van der Waals surface area (Å²) < 4.78 is 1.69. The average Bonchev–Trinajstić information content (AvgIpc) is 2.83. The van der Waals surface area contributed by atoms with Gasteiger partial charge in [-0.25, -0.2) is 14.3 Å². The van der Waals surface area contributed by atoms with Crippen LogP contribution in [0, 0.1) is 0 Å². The lowest BCUT2D eigenvalue weighted by Gasteiger charge is -2.22. The first-order valence-electron chi connectivity index (χ1n) is 6.33. The molecule has 1 aliphatic carbocycles. The molecule has 1 aliphatic rings. The Bertz CT molecular complexity index is 585. The third kappa shape index (κ3) is 1.85. The molecule has 0 saturated heterocycles. The summed E-state index contributed by atoms with van der Waals surface area (Å²) in [7, 11) is 0. The van der Waals surface area contributed by atoms with Crippen LogP contribution in [0.4, 0.5) is 0 Å². The largest absolute Gasteiger partial charge is 0.476 e. The van der Waals surface area contributed by atoms with Gasteiger partial charge in [-0.05, 0) is 18.9 Å². The van der Waals surface area contributed by atoms with Crippen molar-refractivity contribution in [1.82, 2.24) is 14.6 Å². The minimum absolute atomic E-state index is 0.0609. The highest BCUT2D eigenvalue weighted by Gasteiger charge is 2.20. The molecule has 0 bridgehead atoms. The molecule has 2 aromatic rings. The highest BCUT2D eigenvalue weighted by Crippen LogP contribution is 2.32. The molecular formula is C13H15N3O2. The van der Waals surface area contributed by atoms with Crippen molar-refractivity contribution >= 4 is 11.6 Å². The van der Waals surface area contributed by atoms with E-state index < -0.39 is 5.97 Å². The maximum atomic E-state index is 11.0. The summed E-state index contributed by atoms with van der Waals surface area (Å²) in [5, 5.41) is 13.1. The van der Waals surface area contributed by atoms with Crippen LogP contribution < -0.4 is 0 Å². The van der Waals surface area contributed by atoms with Crippen LogP contribution in [0.1, 0.15) is 54.2 Å². The van der Waals surface area contributed by atoms with E-state index in [0.29, 0.717) is 11.6 Å². The van der Waals surface area contributed by atoms with E-state index in [4.69, 9.17) is 5.11 Å². The summed E-state index contributed by atoms with van der Waals surface area (Å²) in [6.07, 6.45) is 7.82. The number of carbonyl (C=O) groups is 1. The van der Waals surface area contributed by atoms with Crippen LogP contribution in [0.25, 0.3) is 5.65 Å². The van der Waals surface area contributed by atoms with E-state index in [9.17, 15) is 4.79 Å². The lowest BCUT2D eigenvalue weighted by atomic mass is 9.87. The minimum atomic E-state index is -1.00. The van der Waals surface area contributed by atoms with Gasteiger partial charge < -0.3 is 5.11 Å². The first-order valence-corrected chi connectivity index (χ1v) is 6.33. The molecule has 1 saturated carbocycles. The number of aromatic carboxylic acids is 1. The molecule has 1 fully saturated rings. The van der Waals surface area contributed by atoms with Crippen molar-refractivity contribution in [2.45, 2.75) is 38.0 Å². The molecule has 18 heavy (non-hydrogen) atoms. The molecule has 0 aliphatic heterocycles. The summed E-state index contributed by atoms with van der Waals surface area (Å²) in [5.74, 6) is -0.527. The Morgan fingerprint density at radius 2 is 2.11 bits per heavy atom. The van der Waals surface area contributed by atoms with Gasteiger partial charge in [0.15, 0.2) is 11.3 Å². The maximum absolute atomic E-state index is 11.0. The predicted octanol–water partition coefficient (Wildman–Crippen LogP) is 2.48. The van der Waals surface area contributed by atoms with E-state index >= 15 is 0 Å². The summed E-state index contributed by atoms with van der Waals surface area (Å²) in [6, 6.07) is 3.48. The molecule has 0 atom stereocenters. The molecule has 2 aromatic heterocycles. The molecule has 5 nitrogen and oxygen atoms in total. The van der Waals surface area contributed by atoms with Crippen molar-refractivity contribution < 1.29 is 9.90 Å². The molecule has 3 rings (SSSR count). The Balaban J connectivity index is 2.07. The van der Waals surface area contributed by atoms with E-state index in [2.05, 4.69) is 10.1 Å². The number of rotatable bonds is 2. The van der Waals surface area contributed by atoms with Crippen molar-refractivity contribution in [3.63, 3.8) is 0 Å². The Hall–Kier alpha value is -1.91. The Morgan fingerprint density at radius 1 is 1.33 bits per heavy atom. The van der Waals surface area contributed by atoms with Crippen LogP contribution >= 0.6 is 0 Å². The second-order valence-electron chi connectivity index (χ2n) is 4.81. The van der Waals surface area contributed by atoms with Gasteiger partial charge in [0.1, 0.15) is 0 Å². The van der Waals surface area contributed by atoms with Gasteiger partial charge in [-0.3, -0.25) is 0 Å². The lowest BCUT2D eigenvalue weighted by molar-refractivity contribution is 0.0690. The topological polar surface area (TPSA) is 67.5 Å². The zero-order valence-electron chi connectivity index (χ0n) is 10.0. The minimum Gasteiger partial charge on any atom is -0.476 e. The van der Waals surface area contributed by atoms with Crippen LogP contribution in [0.15, 0.2) is 18.3 Å². The van der Waals surface area contributed by atoms with E-state index in [1.54, 1.807) is 10.7 Å². The normalized spacial score (nSPS) is 17.1. The SMILES string of the molecule is O=C(O)c1cc2nccc(C3CCCCC3)n2n1. The molecule has 0 aromatic carbocycles. The van der Waals surface area contributed by atoms with Crippen LogP contribution in [-0.4, -0.2) is 25.7 Å². The molecule has 0 amide bonds. The maximum Gasteiger partial charge on any atom is 0.356 e. The van der Waals surface area contributed by atoms with Crippen LogP contribution in [0.2, 0.25) is 0 Å². The lowest BCUT2D eigenvalue weighted by Crippen LogP contribution is -2.10. The Kier molecular flexibility index (Phi) is 2.74. The molecule has 0 spiro atoms. The van der Waals surface area contributed by atoms with Crippen LogP contribution in [-0.2, 0) is 0 Å². The zero-order valence-corrected chi connectivity index (χ0v) is 10.0. The first kappa shape index (κ1) is 11.2. The van der Waals surface area contributed by atoms with Gasteiger partial charge in [0.05, 0.1) is 0 Å². The second-order valence-corrected chi connectivity index (χ2v) is 4.81. The zero-order chi connectivity index (χ0) is 12.5. The fourth-order valence-electron chi connectivity index (χ4n) is 2.73. The predicted molar refractivity (Wildman–Crippen MR) is 65.8 cm³/mol. The fraction of sp³-hybridized carbons (Fsp3) is 0.462. The quantitative estimate of drug-likeness (QED) is 0.882. The van der Waals surface area contributed by atoms with Crippen molar-refractivity contribution in [3.05, 3.63) is 29.7 Å². The number of nitrogens with zero attached hydrogens (tertiary/aromatic N) is 3. The van der Waals surface area contributed by atoms with E-state index in [1.165, 1.54) is 25.3 Å². The Labute approximate surface area is 104 Å². The number of carboxylic acids is 1. The number of fused-ring (bicyclic) bond motifs is 1. The van der Waals surface area contributed by atoms with Gasteiger partial charge in [0.2, 0.25) is 0 Å². The second kappa shape index (κ2) is 4.40. The molecule has 94 valence electrons. The summed E-state index contributed by atoms with van der Waals surface area (Å²) >= 11 is 0. The van der Waals surface area contributed by atoms with Gasteiger partial charge in [0, 0.05) is 23.9 Å². The summed E-state index contributed by atoms with van der Waals surface area (Å²) in [5.41, 5.74) is 1.77. The molecule has 5 heteroatoms. The number of aromatic nitrogens is 3. The highest BCUT2D eigenvalue weighted by molar-refractivity contribution is 5.86. The van der Waals surface area contributed by atoms with Gasteiger partial charge >= 0.3 is 5.97 Å². The van der Waals surface area contributed by atoms with Crippen molar-refractivity contribution in [2.75, 3.05) is 0 Å². The first-order chi connectivity index (χ1) is 8.75. The van der Waals surface area contributed by atoms with E-state index in [1.807, 2.05) is 6.07 Å². The van der Waals surface area contributed by atoms with Crippen molar-refractivity contribution in [2.24, 2.45) is 0 Å². The highest BCUT2D eigenvalue weighted by atomic mass is 16.4. The fourth-order valence-corrected chi connectivity index (χ4v) is 2.73. The Morgan fingerprint density at radius 3 is 2.83 bits per heavy atom. The van der Waals surface area contributed by atoms with Crippen LogP contribution in [0.3, 0.4) is 0 Å². The van der Waals surface area contributed by atoms with Crippen molar-refractivity contribution in [1.29, 1.82) is 0 Å². The number of hydrogen-bond donors (Lipinski definition) is 1. The van der Waals surface area contributed by atoms with Gasteiger partial charge in [-0.15, -0.1) is 0 Å². The van der Waals surface area contributed by atoms with E-state index in [0.717, 1.165) is 18.5 Å². The third-order valence-electron chi connectivity index (χ3n) is 3.63. The molecule has 0 unspecified atom stereocenters. The smallest absolute Gasteiger partial charge is 0.356 e. The van der Waals surface area contributed by atoms with E-state index in [-0.39, 0.29) is 5.69 Å². The summed E-state index contributed by atoms with van der Waals surface area (Å²) in [4.78, 5) is 15.1. The number of hydrogen-bond acceptors (Lipinski definition) is 3. The summed E-state index contributed by atoms with van der Waals surface area (Å²) in [6.45, 7) is 0. The van der Waals surface area contributed by atoms with Crippen molar-refractivity contribution in [3.8, 4) is 0 Å². The van der Waals surface area contributed by atoms with Crippen LogP contribution in [0.5, 0.6) is 0 Å². The molecule has 1 N–H and O–H groups in total. The average molecular weight is 245 g/mol. The monoisotopic (exact) mass is 245 g/mol. The molecule has 0 radical (unpaired) electrons. The standard InChI is InChI=1S/C13H15N3O2/c17-13(18)10-8-12-14-7-6-11(16(12)15-10)9-4-2-1-3-5-9/h6-9H,1-5H2,(H,17,18). The number of carboxylic acid groups (broad SMARTS) is 1. The van der Waals surface area contributed by atoms with Gasteiger partial charge in [-0.1, -0.05) is 19.3 Å². The third-order valence-corrected chi connectivity index (χ3v) is 3.63.